The van der Waals surface area contributed by atoms with E-state index in [4.69, 9.17) is 0 Å². The molecule has 1 saturated carbocycles. The van der Waals surface area contributed by atoms with Crippen molar-refractivity contribution in [3.05, 3.63) is 22.8 Å². The zero-order valence-corrected chi connectivity index (χ0v) is 12.2. The van der Waals surface area contributed by atoms with Gasteiger partial charge in [-0.05, 0) is 47.3 Å². The van der Waals surface area contributed by atoms with Gasteiger partial charge in [-0.2, -0.15) is 13.2 Å². The van der Waals surface area contributed by atoms with E-state index >= 15 is 0 Å². The van der Waals surface area contributed by atoms with Gasteiger partial charge in [-0.15, -0.1) is 0 Å². The van der Waals surface area contributed by atoms with Crippen molar-refractivity contribution in [3.63, 3.8) is 0 Å². The van der Waals surface area contributed by atoms with Crippen molar-refractivity contribution in [2.24, 2.45) is 11.8 Å². The van der Waals surface area contributed by atoms with Crippen molar-refractivity contribution in [2.75, 3.05) is 5.32 Å². The highest BCUT2D eigenvalue weighted by atomic mass is 79.9. The average Bonchev–Trinajstić information content (AvgIpc) is 2.40. The van der Waals surface area contributed by atoms with Crippen LogP contribution in [0.3, 0.4) is 0 Å². The monoisotopic (exact) mass is 350 g/mol. The first-order chi connectivity index (χ1) is 9.38. The third kappa shape index (κ3) is 3.71. The van der Waals surface area contributed by atoms with E-state index in [2.05, 4.69) is 26.2 Å². The van der Waals surface area contributed by atoms with Crippen LogP contribution >= 0.6 is 15.9 Å². The molecule has 0 aromatic carbocycles. The Kier molecular flexibility index (Phi) is 4.67. The van der Waals surface area contributed by atoms with Crippen molar-refractivity contribution >= 4 is 27.7 Å². The molecule has 3 nitrogen and oxygen atoms in total. The molecule has 7 heteroatoms. The Morgan fingerprint density at radius 2 is 2.15 bits per heavy atom. The van der Waals surface area contributed by atoms with Crippen LogP contribution in [0.5, 0.6) is 0 Å². The molecule has 1 aromatic rings. The highest BCUT2D eigenvalue weighted by molar-refractivity contribution is 9.10. The molecule has 0 radical (unpaired) electrons. The summed E-state index contributed by atoms with van der Waals surface area (Å²) in [6, 6.07) is 3.40. The minimum Gasteiger partial charge on any atom is -0.310 e. The molecule has 0 aliphatic heterocycles. The minimum absolute atomic E-state index is 0.112. The lowest BCUT2D eigenvalue weighted by Gasteiger charge is -2.29. The number of anilines is 1. The first-order valence-corrected chi connectivity index (χ1v) is 7.15. The third-order valence-electron chi connectivity index (χ3n) is 3.51. The SMILES string of the molecule is O=C(Nc1ncccc1Br)C1CCCC(C(F)(F)F)C1. The van der Waals surface area contributed by atoms with Crippen molar-refractivity contribution < 1.29 is 18.0 Å². The largest absolute Gasteiger partial charge is 0.391 e. The number of amides is 1. The zero-order chi connectivity index (χ0) is 14.8. The number of pyridine rings is 1. The number of carbonyl (C=O) groups is 1. The van der Waals surface area contributed by atoms with Gasteiger partial charge in [0.05, 0.1) is 10.4 Å². The highest BCUT2D eigenvalue weighted by Crippen LogP contribution is 2.40. The molecule has 1 aliphatic rings. The lowest BCUT2D eigenvalue weighted by molar-refractivity contribution is -0.185. The Morgan fingerprint density at radius 1 is 1.40 bits per heavy atom. The summed E-state index contributed by atoms with van der Waals surface area (Å²) in [5, 5.41) is 2.59. The van der Waals surface area contributed by atoms with Gasteiger partial charge in [0.15, 0.2) is 0 Å². The second kappa shape index (κ2) is 6.11. The number of aromatic nitrogens is 1. The summed E-state index contributed by atoms with van der Waals surface area (Å²) in [4.78, 5) is 16.0. The number of hydrogen-bond donors (Lipinski definition) is 1. The molecule has 2 atom stereocenters. The minimum atomic E-state index is -4.22. The first-order valence-electron chi connectivity index (χ1n) is 6.36. The maximum Gasteiger partial charge on any atom is 0.391 e. The molecule has 1 aromatic heterocycles. The Labute approximate surface area is 123 Å². The molecule has 0 saturated heterocycles. The van der Waals surface area contributed by atoms with Crippen molar-refractivity contribution in [1.29, 1.82) is 0 Å². The van der Waals surface area contributed by atoms with Gasteiger partial charge in [0, 0.05) is 12.1 Å². The van der Waals surface area contributed by atoms with Gasteiger partial charge < -0.3 is 5.32 Å². The van der Waals surface area contributed by atoms with E-state index in [0.717, 1.165) is 0 Å². The van der Waals surface area contributed by atoms with E-state index in [1.54, 1.807) is 12.1 Å². The van der Waals surface area contributed by atoms with Crippen molar-refractivity contribution in [1.82, 2.24) is 4.98 Å². The molecule has 0 spiro atoms. The smallest absolute Gasteiger partial charge is 0.310 e. The van der Waals surface area contributed by atoms with E-state index in [0.29, 0.717) is 23.1 Å². The number of nitrogens with one attached hydrogen (secondary N) is 1. The average molecular weight is 351 g/mol. The predicted molar refractivity (Wildman–Crippen MR) is 72.1 cm³/mol. The molecule has 2 unspecified atom stereocenters. The van der Waals surface area contributed by atoms with Gasteiger partial charge in [0.25, 0.3) is 0 Å². The molecule has 110 valence electrons. The van der Waals surface area contributed by atoms with E-state index in [1.807, 2.05) is 0 Å². The number of carbonyl (C=O) groups excluding carboxylic acids is 1. The fourth-order valence-electron chi connectivity index (χ4n) is 2.42. The van der Waals surface area contributed by atoms with Crippen LogP contribution in [-0.2, 0) is 4.79 Å². The van der Waals surface area contributed by atoms with E-state index in [9.17, 15) is 18.0 Å². The van der Waals surface area contributed by atoms with Crippen LogP contribution in [0.4, 0.5) is 19.0 Å². The van der Waals surface area contributed by atoms with Crippen molar-refractivity contribution in [2.45, 2.75) is 31.9 Å². The van der Waals surface area contributed by atoms with Gasteiger partial charge in [-0.25, -0.2) is 4.98 Å². The Morgan fingerprint density at radius 3 is 2.80 bits per heavy atom. The predicted octanol–water partition coefficient (Wildman–Crippen LogP) is 4.15. The summed E-state index contributed by atoms with van der Waals surface area (Å²) in [5.41, 5.74) is 0. The summed E-state index contributed by atoms with van der Waals surface area (Å²) >= 11 is 3.24. The molecule has 1 aliphatic carbocycles. The summed E-state index contributed by atoms with van der Waals surface area (Å²) in [6.45, 7) is 0. The van der Waals surface area contributed by atoms with Crippen LogP contribution in [0.25, 0.3) is 0 Å². The number of alkyl halides is 3. The summed E-state index contributed by atoms with van der Waals surface area (Å²) < 4.78 is 38.8. The van der Waals surface area contributed by atoms with Gasteiger partial charge in [-0.3, -0.25) is 4.79 Å². The van der Waals surface area contributed by atoms with Crippen molar-refractivity contribution in [3.8, 4) is 0 Å². The van der Waals surface area contributed by atoms with Crippen LogP contribution in [0, 0.1) is 11.8 Å². The maximum atomic E-state index is 12.7. The van der Waals surface area contributed by atoms with Gasteiger partial charge in [0.1, 0.15) is 5.82 Å². The number of hydrogen-bond acceptors (Lipinski definition) is 2. The van der Waals surface area contributed by atoms with Crippen LogP contribution in [0.2, 0.25) is 0 Å². The molecule has 1 amide bonds. The Balaban J connectivity index is 2.01. The summed E-state index contributed by atoms with van der Waals surface area (Å²) in [5.74, 6) is -2.03. The molecule has 20 heavy (non-hydrogen) atoms. The van der Waals surface area contributed by atoms with Gasteiger partial charge in [-0.1, -0.05) is 6.42 Å². The fourth-order valence-corrected chi connectivity index (χ4v) is 2.78. The number of halogens is 4. The lowest BCUT2D eigenvalue weighted by Crippen LogP contribution is -2.34. The lowest BCUT2D eigenvalue weighted by atomic mass is 9.80. The second-order valence-corrected chi connectivity index (χ2v) is 5.78. The third-order valence-corrected chi connectivity index (χ3v) is 4.15. The molecule has 1 N–H and O–H groups in total. The van der Waals surface area contributed by atoms with Gasteiger partial charge >= 0.3 is 6.18 Å². The van der Waals surface area contributed by atoms with E-state index in [-0.39, 0.29) is 12.8 Å². The molecule has 2 rings (SSSR count). The van der Waals surface area contributed by atoms with Gasteiger partial charge in [0.2, 0.25) is 5.91 Å². The quantitative estimate of drug-likeness (QED) is 0.870. The standard InChI is InChI=1S/C13H14BrF3N2O/c14-10-5-2-6-18-11(10)19-12(20)8-3-1-4-9(7-8)13(15,16)17/h2,5-6,8-9H,1,3-4,7H2,(H,18,19,20). The summed E-state index contributed by atoms with van der Waals surface area (Å²) in [7, 11) is 0. The topological polar surface area (TPSA) is 42.0 Å². The second-order valence-electron chi connectivity index (χ2n) is 4.93. The molecular weight excluding hydrogens is 337 g/mol. The number of rotatable bonds is 2. The van der Waals surface area contributed by atoms with E-state index in [1.165, 1.54) is 6.20 Å². The van der Waals surface area contributed by atoms with Crippen LogP contribution in [-0.4, -0.2) is 17.1 Å². The normalized spacial score (nSPS) is 23.4. The van der Waals surface area contributed by atoms with E-state index < -0.39 is 23.9 Å². The Hall–Kier alpha value is -1.11. The summed E-state index contributed by atoms with van der Waals surface area (Å²) in [6.07, 6.45) is -1.82. The first kappa shape index (κ1) is 15.3. The molecular formula is C13H14BrF3N2O. The number of nitrogens with zero attached hydrogens (tertiary/aromatic N) is 1. The van der Waals surface area contributed by atoms with Crippen LogP contribution in [0.15, 0.2) is 22.8 Å². The van der Waals surface area contributed by atoms with Crippen LogP contribution in [0.1, 0.15) is 25.7 Å². The van der Waals surface area contributed by atoms with Crippen LogP contribution < -0.4 is 5.32 Å². The maximum absolute atomic E-state index is 12.7. The fraction of sp³-hybridized carbons (Fsp3) is 0.538. The molecule has 1 heterocycles. The molecule has 0 bridgehead atoms. The molecule has 1 fully saturated rings. The Bertz CT molecular complexity index is 493. The highest BCUT2D eigenvalue weighted by Gasteiger charge is 2.43. The zero-order valence-electron chi connectivity index (χ0n) is 10.6.